The number of carbonyl (C=O) groups excluding carboxylic acids is 1. The van der Waals surface area contributed by atoms with E-state index in [-0.39, 0.29) is 0 Å². The van der Waals surface area contributed by atoms with E-state index in [2.05, 4.69) is 9.84 Å². The van der Waals surface area contributed by atoms with Gasteiger partial charge < -0.3 is 4.74 Å². The Balaban J connectivity index is 2.91. The Morgan fingerprint density at radius 1 is 1.80 bits per heavy atom. The Hall–Kier alpha value is -1.32. The van der Waals surface area contributed by atoms with E-state index in [4.69, 9.17) is 0 Å². The minimum absolute atomic E-state index is 0.370. The van der Waals surface area contributed by atoms with Crippen molar-refractivity contribution < 1.29 is 9.53 Å². The second kappa shape index (κ2) is 2.51. The minimum Gasteiger partial charge on any atom is -0.408 e. The van der Waals surface area contributed by atoms with Crippen LogP contribution in [0.2, 0.25) is 0 Å². The molecule has 4 heteroatoms. The zero-order valence-corrected chi connectivity index (χ0v) is 5.87. The highest BCUT2D eigenvalue weighted by atomic mass is 16.5. The van der Waals surface area contributed by atoms with Crippen molar-refractivity contribution in [3.05, 3.63) is 11.8 Å². The number of aromatic nitrogens is 2. The van der Waals surface area contributed by atoms with E-state index in [0.717, 1.165) is 5.56 Å². The van der Waals surface area contributed by atoms with Crippen LogP contribution in [0.1, 0.15) is 5.56 Å². The van der Waals surface area contributed by atoms with Crippen LogP contribution in [0.5, 0.6) is 5.88 Å². The Morgan fingerprint density at radius 3 is 2.90 bits per heavy atom. The van der Waals surface area contributed by atoms with Crippen LogP contribution < -0.4 is 4.74 Å². The topological polar surface area (TPSA) is 44.1 Å². The lowest BCUT2D eigenvalue weighted by molar-refractivity contribution is -0.121. The fourth-order valence-electron chi connectivity index (χ4n) is 0.749. The van der Waals surface area contributed by atoms with E-state index in [0.29, 0.717) is 12.4 Å². The molecular formula is C6H8N2O2. The summed E-state index contributed by atoms with van der Waals surface area (Å²) in [5.41, 5.74) is 0.856. The summed E-state index contributed by atoms with van der Waals surface area (Å²) in [6, 6.07) is 0. The average molecular weight is 140 g/mol. The van der Waals surface area contributed by atoms with Gasteiger partial charge in [0.15, 0.2) is 0 Å². The molecule has 0 aliphatic carbocycles. The van der Waals surface area contributed by atoms with Gasteiger partial charge in [-0.25, -0.2) is 0 Å². The largest absolute Gasteiger partial charge is 0.408 e. The zero-order chi connectivity index (χ0) is 7.56. The summed E-state index contributed by atoms with van der Waals surface area (Å²) in [7, 11) is 1.77. The molecular weight excluding hydrogens is 132 g/mol. The number of ether oxygens (including phenoxy) is 1. The van der Waals surface area contributed by atoms with Gasteiger partial charge in [-0.3, -0.25) is 9.48 Å². The predicted octanol–water partition coefficient (Wildman–Crippen LogP) is 0.264. The smallest absolute Gasteiger partial charge is 0.299 e. The Labute approximate surface area is 58.4 Å². The SMILES string of the molecule is Cc1cn(C)nc1OC=O. The van der Waals surface area contributed by atoms with Crippen LogP contribution in [0.25, 0.3) is 0 Å². The molecule has 0 spiro atoms. The van der Waals surface area contributed by atoms with Gasteiger partial charge in [-0.2, -0.15) is 0 Å². The molecule has 54 valence electrons. The number of hydrogen-bond acceptors (Lipinski definition) is 3. The lowest BCUT2D eigenvalue weighted by Gasteiger charge is -1.88. The van der Waals surface area contributed by atoms with Crippen molar-refractivity contribution in [3.63, 3.8) is 0 Å². The lowest BCUT2D eigenvalue weighted by Crippen LogP contribution is -1.92. The average Bonchev–Trinajstić information content (AvgIpc) is 2.13. The summed E-state index contributed by atoms with van der Waals surface area (Å²) in [6.07, 6.45) is 1.78. The lowest BCUT2D eigenvalue weighted by atomic mass is 10.4. The molecule has 0 saturated carbocycles. The van der Waals surface area contributed by atoms with E-state index in [1.54, 1.807) is 17.9 Å². The predicted molar refractivity (Wildman–Crippen MR) is 34.6 cm³/mol. The standard InChI is InChI=1S/C6H8N2O2/c1-5-3-8(2)7-6(5)10-4-9/h3-4H,1-2H3. The van der Waals surface area contributed by atoms with Gasteiger partial charge in [-0.15, -0.1) is 5.10 Å². The van der Waals surface area contributed by atoms with Crippen LogP contribution in [-0.4, -0.2) is 16.3 Å². The molecule has 1 heterocycles. The maximum Gasteiger partial charge on any atom is 0.299 e. The van der Waals surface area contributed by atoms with Crippen LogP contribution in [-0.2, 0) is 11.8 Å². The number of rotatable bonds is 2. The van der Waals surface area contributed by atoms with Crippen LogP contribution in [0.4, 0.5) is 0 Å². The van der Waals surface area contributed by atoms with Gasteiger partial charge in [0.25, 0.3) is 6.47 Å². The fourth-order valence-corrected chi connectivity index (χ4v) is 0.749. The van der Waals surface area contributed by atoms with Crippen molar-refractivity contribution >= 4 is 6.47 Å². The maximum absolute atomic E-state index is 9.86. The summed E-state index contributed by atoms with van der Waals surface area (Å²) < 4.78 is 6.14. The molecule has 1 aromatic rings. The number of nitrogens with zero attached hydrogens (tertiary/aromatic N) is 2. The monoisotopic (exact) mass is 140 g/mol. The van der Waals surface area contributed by atoms with Gasteiger partial charge in [-0.05, 0) is 6.92 Å². The number of aryl methyl sites for hydroxylation is 2. The van der Waals surface area contributed by atoms with Crippen molar-refractivity contribution in [2.75, 3.05) is 0 Å². The molecule has 0 aliphatic rings. The van der Waals surface area contributed by atoms with Crippen molar-refractivity contribution in [1.29, 1.82) is 0 Å². The van der Waals surface area contributed by atoms with Crippen LogP contribution in [0, 0.1) is 6.92 Å². The van der Waals surface area contributed by atoms with Crippen molar-refractivity contribution in [2.24, 2.45) is 7.05 Å². The van der Waals surface area contributed by atoms with E-state index < -0.39 is 0 Å². The van der Waals surface area contributed by atoms with Crippen molar-refractivity contribution in [2.45, 2.75) is 6.92 Å². The summed E-state index contributed by atoms with van der Waals surface area (Å²) in [5.74, 6) is 0.373. The van der Waals surface area contributed by atoms with Crippen molar-refractivity contribution in [1.82, 2.24) is 9.78 Å². The van der Waals surface area contributed by atoms with Gasteiger partial charge >= 0.3 is 0 Å². The molecule has 0 bridgehead atoms. The quantitative estimate of drug-likeness (QED) is 0.553. The van der Waals surface area contributed by atoms with Gasteiger partial charge in [0.05, 0.1) is 0 Å². The molecule has 0 radical (unpaired) electrons. The van der Waals surface area contributed by atoms with Crippen LogP contribution in [0.3, 0.4) is 0 Å². The second-order valence-corrected chi connectivity index (χ2v) is 2.01. The molecule has 4 nitrogen and oxygen atoms in total. The Kier molecular flexibility index (Phi) is 1.71. The molecule has 0 aromatic carbocycles. The van der Waals surface area contributed by atoms with Crippen molar-refractivity contribution in [3.8, 4) is 5.88 Å². The third kappa shape index (κ3) is 1.15. The molecule has 0 aliphatic heterocycles. The summed E-state index contributed by atoms with van der Waals surface area (Å²) in [6.45, 7) is 2.20. The first-order valence-electron chi connectivity index (χ1n) is 2.84. The molecule has 0 fully saturated rings. The second-order valence-electron chi connectivity index (χ2n) is 2.01. The Bertz CT molecular complexity index is 242. The maximum atomic E-state index is 9.86. The summed E-state index contributed by atoms with van der Waals surface area (Å²) in [5, 5.41) is 3.86. The molecule has 0 N–H and O–H groups in total. The highest BCUT2D eigenvalue weighted by Crippen LogP contribution is 2.11. The molecule has 1 rings (SSSR count). The highest BCUT2D eigenvalue weighted by molar-refractivity contribution is 5.44. The first-order chi connectivity index (χ1) is 4.74. The highest BCUT2D eigenvalue weighted by Gasteiger charge is 2.01. The minimum atomic E-state index is 0.370. The van der Waals surface area contributed by atoms with E-state index in [1.807, 2.05) is 6.92 Å². The number of carbonyl (C=O) groups is 1. The summed E-state index contributed by atoms with van der Waals surface area (Å²) >= 11 is 0. The first kappa shape index (κ1) is 6.80. The molecule has 0 unspecified atom stereocenters. The van der Waals surface area contributed by atoms with Gasteiger partial charge in [0.2, 0.25) is 5.88 Å². The third-order valence-corrected chi connectivity index (χ3v) is 1.13. The van der Waals surface area contributed by atoms with Crippen LogP contribution in [0.15, 0.2) is 6.20 Å². The molecule has 0 atom stereocenters. The van der Waals surface area contributed by atoms with Gasteiger partial charge in [-0.1, -0.05) is 0 Å². The van der Waals surface area contributed by atoms with Crippen LogP contribution >= 0.6 is 0 Å². The van der Waals surface area contributed by atoms with E-state index in [1.165, 1.54) is 0 Å². The molecule has 0 saturated heterocycles. The normalized spacial score (nSPS) is 9.40. The number of hydrogen-bond donors (Lipinski definition) is 0. The summed E-state index contributed by atoms with van der Waals surface area (Å²) in [4.78, 5) is 9.86. The first-order valence-corrected chi connectivity index (χ1v) is 2.84. The molecule has 1 aromatic heterocycles. The molecule has 10 heavy (non-hydrogen) atoms. The van der Waals surface area contributed by atoms with E-state index >= 15 is 0 Å². The van der Waals surface area contributed by atoms with E-state index in [9.17, 15) is 4.79 Å². The van der Waals surface area contributed by atoms with Gasteiger partial charge in [0, 0.05) is 18.8 Å². The Morgan fingerprint density at radius 2 is 2.50 bits per heavy atom. The van der Waals surface area contributed by atoms with Gasteiger partial charge in [0.1, 0.15) is 0 Å². The zero-order valence-electron chi connectivity index (χ0n) is 5.87. The molecule has 0 amide bonds. The fraction of sp³-hybridized carbons (Fsp3) is 0.333. The third-order valence-electron chi connectivity index (χ3n) is 1.13.